The molecule has 66 valence electrons. The van der Waals surface area contributed by atoms with Crippen LogP contribution in [0.3, 0.4) is 0 Å². The third kappa shape index (κ3) is 1.96. The van der Waals surface area contributed by atoms with E-state index in [1.165, 1.54) is 0 Å². The van der Waals surface area contributed by atoms with Crippen molar-refractivity contribution in [1.29, 1.82) is 0 Å². The number of benzene rings is 1. The number of rotatable bonds is 3. The van der Waals surface area contributed by atoms with Crippen LogP contribution in [-0.4, -0.2) is 18.8 Å². The van der Waals surface area contributed by atoms with Crippen LogP contribution in [0.1, 0.15) is 11.7 Å². The molecule has 0 aromatic heterocycles. The second kappa shape index (κ2) is 4.09. The summed E-state index contributed by atoms with van der Waals surface area (Å²) in [7, 11) is 1.56. The van der Waals surface area contributed by atoms with Gasteiger partial charge in [0, 0.05) is 12.8 Å². The molecule has 0 amide bonds. The lowest BCUT2D eigenvalue weighted by Gasteiger charge is -2.12. The molecule has 0 radical (unpaired) electrons. The maximum absolute atomic E-state index is 8.90. The fourth-order valence-corrected chi connectivity index (χ4v) is 1.08. The van der Waals surface area contributed by atoms with Gasteiger partial charge in [-0.3, -0.25) is 0 Å². The number of hydrogen-bond donors (Lipinski definition) is 2. The molecule has 0 spiro atoms. The number of aliphatic hydroxyl groups is 1. The fourth-order valence-electron chi connectivity index (χ4n) is 1.08. The van der Waals surface area contributed by atoms with Crippen molar-refractivity contribution in [3.8, 4) is 0 Å². The highest BCUT2D eigenvalue weighted by Crippen LogP contribution is 2.17. The number of aliphatic hydroxyl groups excluding tert-OH is 1. The van der Waals surface area contributed by atoms with Crippen molar-refractivity contribution in [2.24, 2.45) is 0 Å². The van der Waals surface area contributed by atoms with Gasteiger partial charge in [0.05, 0.1) is 6.61 Å². The lowest BCUT2D eigenvalue weighted by atomic mass is 10.1. The Morgan fingerprint density at radius 1 is 1.58 bits per heavy atom. The van der Waals surface area contributed by atoms with Gasteiger partial charge < -0.3 is 15.6 Å². The SMILES string of the molecule is COC(CO)c1cccc(N)c1. The average Bonchev–Trinajstić information content (AvgIpc) is 2.07. The van der Waals surface area contributed by atoms with Crippen LogP contribution in [0.4, 0.5) is 5.69 Å². The zero-order valence-electron chi connectivity index (χ0n) is 7.03. The maximum atomic E-state index is 8.90. The minimum Gasteiger partial charge on any atom is -0.399 e. The van der Waals surface area contributed by atoms with Crippen LogP contribution in [0.2, 0.25) is 0 Å². The smallest absolute Gasteiger partial charge is 0.105 e. The fraction of sp³-hybridized carbons (Fsp3) is 0.333. The number of ether oxygens (including phenoxy) is 1. The van der Waals surface area contributed by atoms with E-state index in [-0.39, 0.29) is 12.7 Å². The first-order valence-electron chi connectivity index (χ1n) is 3.77. The molecule has 1 rings (SSSR count). The Kier molecular flexibility index (Phi) is 3.08. The Bertz CT molecular complexity index is 246. The number of anilines is 1. The van der Waals surface area contributed by atoms with E-state index >= 15 is 0 Å². The third-order valence-corrected chi connectivity index (χ3v) is 1.73. The van der Waals surface area contributed by atoms with Crippen molar-refractivity contribution in [1.82, 2.24) is 0 Å². The summed E-state index contributed by atoms with van der Waals surface area (Å²) < 4.78 is 5.03. The van der Waals surface area contributed by atoms with Gasteiger partial charge in [0.1, 0.15) is 6.10 Å². The Labute approximate surface area is 71.8 Å². The summed E-state index contributed by atoms with van der Waals surface area (Å²) in [6, 6.07) is 7.31. The Morgan fingerprint density at radius 2 is 2.33 bits per heavy atom. The van der Waals surface area contributed by atoms with Crippen molar-refractivity contribution in [3.63, 3.8) is 0 Å². The van der Waals surface area contributed by atoms with Crippen molar-refractivity contribution >= 4 is 5.69 Å². The molecular formula is C9H13NO2. The Morgan fingerprint density at radius 3 is 2.83 bits per heavy atom. The summed E-state index contributed by atoms with van der Waals surface area (Å²) in [4.78, 5) is 0. The highest BCUT2D eigenvalue weighted by atomic mass is 16.5. The van der Waals surface area contributed by atoms with E-state index in [1.54, 1.807) is 19.2 Å². The summed E-state index contributed by atoms with van der Waals surface area (Å²) in [5, 5.41) is 8.90. The topological polar surface area (TPSA) is 55.5 Å². The largest absolute Gasteiger partial charge is 0.399 e. The van der Waals surface area contributed by atoms with Gasteiger partial charge in [0.2, 0.25) is 0 Å². The molecule has 12 heavy (non-hydrogen) atoms. The van der Waals surface area contributed by atoms with Gasteiger partial charge in [-0.2, -0.15) is 0 Å². The first-order valence-corrected chi connectivity index (χ1v) is 3.77. The van der Waals surface area contributed by atoms with Crippen LogP contribution >= 0.6 is 0 Å². The maximum Gasteiger partial charge on any atom is 0.105 e. The highest BCUT2D eigenvalue weighted by Gasteiger charge is 2.07. The van der Waals surface area contributed by atoms with Crippen molar-refractivity contribution in [3.05, 3.63) is 29.8 Å². The molecule has 1 aromatic carbocycles. The normalized spacial score (nSPS) is 12.8. The molecule has 1 unspecified atom stereocenters. The van der Waals surface area contributed by atoms with Crippen molar-refractivity contribution in [2.75, 3.05) is 19.5 Å². The number of nitrogen functional groups attached to an aromatic ring is 1. The predicted octanol–water partition coefficient (Wildman–Crippen LogP) is 0.949. The molecule has 0 heterocycles. The number of methoxy groups -OCH3 is 1. The molecular weight excluding hydrogens is 154 g/mol. The van der Waals surface area contributed by atoms with Crippen LogP contribution in [0.25, 0.3) is 0 Å². The van der Waals surface area contributed by atoms with Gasteiger partial charge >= 0.3 is 0 Å². The lowest BCUT2D eigenvalue weighted by molar-refractivity contribution is 0.0484. The van der Waals surface area contributed by atoms with E-state index in [0.29, 0.717) is 5.69 Å². The Hall–Kier alpha value is -1.06. The van der Waals surface area contributed by atoms with Crippen molar-refractivity contribution < 1.29 is 9.84 Å². The monoisotopic (exact) mass is 167 g/mol. The quantitative estimate of drug-likeness (QED) is 0.659. The van der Waals surface area contributed by atoms with Crippen LogP contribution in [0.5, 0.6) is 0 Å². The number of nitrogens with two attached hydrogens (primary N) is 1. The first kappa shape index (κ1) is 9.03. The molecule has 0 saturated carbocycles. The van der Waals surface area contributed by atoms with E-state index in [2.05, 4.69) is 0 Å². The predicted molar refractivity (Wildman–Crippen MR) is 47.7 cm³/mol. The number of hydrogen-bond acceptors (Lipinski definition) is 3. The molecule has 3 N–H and O–H groups in total. The zero-order chi connectivity index (χ0) is 8.97. The summed E-state index contributed by atoms with van der Waals surface area (Å²) in [6.07, 6.45) is -0.270. The second-order valence-electron chi connectivity index (χ2n) is 2.58. The van der Waals surface area contributed by atoms with Crippen LogP contribution < -0.4 is 5.73 Å². The molecule has 3 heteroatoms. The van der Waals surface area contributed by atoms with E-state index in [0.717, 1.165) is 5.56 Å². The summed E-state index contributed by atoms with van der Waals surface area (Å²) >= 11 is 0. The molecule has 1 atom stereocenters. The second-order valence-corrected chi connectivity index (χ2v) is 2.58. The van der Waals surface area contributed by atoms with Crippen LogP contribution in [0, 0.1) is 0 Å². The van der Waals surface area contributed by atoms with Gasteiger partial charge in [-0.05, 0) is 17.7 Å². The summed E-state index contributed by atoms with van der Waals surface area (Å²) in [6.45, 7) is -0.0278. The molecule has 0 aliphatic rings. The molecule has 0 aliphatic carbocycles. The average molecular weight is 167 g/mol. The lowest BCUT2D eigenvalue weighted by Crippen LogP contribution is -2.06. The summed E-state index contributed by atoms with van der Waals surface area (Å²) in [5.41, 5.74) is 7.15. The molecule has 0 bridgehead atoms. The van der Waals surface area contributed by atoms with Crippen LogP contribution in [-0.2, 0) is 4.74 Å². The van der Waals surface area contributed by atoms with Gasteiger partial charge in [0.25, 0.3) is 0 Å². The van der Waals surface area contributed by atoms with Crippen LogP contribution in [0.15, 0.2) is 24.3 Å². The Balaban J connectivity index is 2.85. The van der Waals surface area contributed by atoms with E-state index in [9.17, 15) is 0 Å². The standard InChI is InChI=1S/C9H13NO2/c1-12-9(6-11)7-3-2-4-8(10)5-7/h2-5,9,11H,6,10H2,1H3. The van der Waals surface area contributed by atoms with Gasteiger partial charge in [-0.15, -0.1) is 0 Å². The van der Waals surface area contributed by atoms with Gasteiger partial charge in [-0.1, -0.05) is 12.1 Å². The summed E-state index contributed by atoms with van der Waals surface area (Å²) in [5.74, 6) is 0. The van der Waals surface area contributed by atoms with Gasteiger partial charge in [0.15, 0.2) is 0 Å². The molecule has 1 aromatic rings. The molecule has 0 saturated heterocycles. The van der Waals surface area contributed by atoms with Gasteiger partial charge in [-0.25, -0.2) is 0 Å². The zero-order valence-corrected chi connectivity index (χ0v) is 7.03. The van der Waals surface area contributed by atoms with Crippen molar-refractivity contribution in [2.45, 2.75) is 6.10 Å². The molecule has 0 fully saturated rings. The van der Waals surface area contributed by atoms with E-state index in [4.69, 9.17) is 15.6 Å². The van der Waals surface area contributed by atoms with E-state index in [1.807, 2.05) is 12.1 Å². The first-order chi connectivity index (χ1) is 5.77. The minimum absolute atomic E-state index is 0.0278. The van der Waals surface area contributed by atoms with E-state index < -0.39 is 0 Å². The highest BCUT2D eigenvalue weighted by molar-refractivity contribution is 5.41. The third-order valence-electron chi connectivity index (χ3n) is 1.73. The molecule has 0 aliphatic heterocycles. The minimum atomic E-state index is -0.270. The molecule has 3 nitrogen and oxygen atoms in total.